The fraction of sp³-hybridized carbons (Fsp3) is 0.444. The molecule has 0 saturated carbocycles. The molecular weight excluding hydrogens is 374 g/mol. The Hall–Kier alpha value is -1.04. The van der Waals surface area contributed by atoms with E-state index in [1.165, 1.54) is 26.0 Å². The van der Waals surface area contributed by atoms with E-state index in [0.717, 1.165) is 37.2 Å². The molecule has 4 rings (SSSR count). The van der Waals surface area contributed by atoms with E-state index in [-0.39, 0.29) is 12.0 Å². The van der Waals surface area contributed by atoms with Crippen LogP contribution in [0.4, 0.5) is 0 Å². The number of fused-ring (bicyclic) bond motifs is 2. The number of hydrogen-bond acceptors (Lipinski definition) is 4. The molecule has 2 N–H and O–H groups in total. The summed E-state index contributed by atoms with van der Waals surface area (Å²) in [6.07, 6.45) is 4.27. The van der Waals surface area contributed by atoms with Crippen LogP contribution in [0.15, 0.2) is 22.0 Å². The molecule has 23 heavy (non-hydrogen) atoms. The van der Waals surface area contributed by atoms with Gasteiger partial charge in [0.1, 0.15) is 0 Å². The van der Waals surface area contributed by atoms with Crippen molar-refractivity contribution >= 4 is 27.3 Å². The lowest BCUT2D eigenvalue weighted by atomic mass is 9.78. The number of ether oxygens (including phenoxy) is 2. The van der Waals surface area contributed by atoms with Gasteiger partial charge in [-0.15, -0.1) is 11.3 Å². The summed E-state index contributed by atoms with van der Waals surface area (Å²) in [6.45, 7) is 2.53. The largest absolute Gasteiger partial charge is 0.454 e. The van der Waals surface area contributed by atoms with Crippen LogP contribution in [-0.4, -0.2) is 12.8 Å². The van der Waals surface area contributed by atoms with Crippen molar-refractivity contribution in [3.8, 4) is 11.5 Å². The molecular formula is C18H20BrNO2S. The van der Waals surface area contributed by atoms with Crippen molar-refractivity contribution in [2.24, 2.45) is 5.73 Å². The average molecular weight is 394 g/mol. The van der Waals surface area contributed by atoms with Gasteiger partial charge in [0.25, 0.3) is 0 Å². The van der Waals surface area contributed by atoms with Gasteiger partial charge in [-0.25, -0.2) is 0 Å². The van der Waals surface area contributed by atoms with Crippen LogP contribution in [0.2, 0.25) is 0 Å². The molecule has 1 aliphatic carbocycles. The third kappa shape index (κ3) is 2.59. The third-order valence-corrected chi connectivity index (χ3v) is 7.09. The smallest absolute Gasteiger partial charge is 0.231 e. The second-order valence-electron chi connectivity index (χ2n) is 6.27. The molecule has 1 aromatic carbocycles. The van der Waals surface area contributed by atoms with E-state index in [1.807, 2.05) is 11.3 Å². The summed E-state index contributed by atoms with van der Waals surface area (Å²) < 4.78 is 12.4. The molecule has 0 unspecified atom stereocenters. The molecule has 122 valence electrons. The molecule has 0 fully saturated rings. The molecule has 2 aliphatic rings. The van der Waals surface area contributed by atoms with Gasteiger partial charge in [0.05, 0.1) is 0 Å². The first kappa shape index (κ1) is 15.5. The average Bonchev–Trinajstić information content (AvgIpc) is 3.13. The fourth-order valence-corrected chi connectivity index (χ4v) is 5.78. The first-order valence-electron chi connectivity index (χ1n) is 8.12. The minimum Gasteiger partial charge on any atom is -0.454 e. The molecule has 1 aromatic heterocycles. The summed E-state index contributed by atoms with van der Waals surface area (Å²) in [7, 11) is 0. The predicted molar refractivity (Wildman–Crippen MR) is 96.7 cm³/mol. The number of rotatable bonds is 3. The van der Waals surface area contributed by atoms with Crippen LogP contribution in [0, 0.1) is 0 Å². The standard InChI is InChI=1S/C18H20BrNO2S/c1-2-3-11-8-23-18(17(11)19)16-12-7-15-14(21-9-22-15)6-10(12)4-5-13(16)20/h6-8,13,16H,2-5,9,20H2,1H3/t13-,16-/m0/s1. The van der Waals surface area contributed by atoms with Crippen molar-refractivity contribution < 1.29 is 9.47 Å². The molecule has 0 radical (unpaired) electrons. The van der Waals surface area contributed by atoms with Gasteiger partial charge in [-0.3, -0.25) is 0 Å². The molecule has 5 heteroatoms. The number of benzene rings is 1. The lowest BCUT2D eigenvalue weighted by molar-refractivity contribution is 0.174. The zero-order chi connectivity index (χ0) is 16.0. The quantitative estimate of drug-likeness (QED) is 0.828. The molecule has 1 aliphatic heterocycles. The molecule has 2 heterocycles. The maximum atomic E-state index is 6.54. The second kappa shape index (κ2) is 6.11. The monoisotopic (exact) mass is 393 g/mol. The summed E-state index contributed by atoms with van der Waals surface area (Å²) in [6, 6.07) is 4.44. The summed E-state index contributed by atoms with van der Waals surface area (Å²) in [4.78, 5) is 1.35. The number of nitrogens with two attached hydrogens (primary N) is 1. The first-order chi connectivity index (χ1) is 11.2. The highest BCUT2D eigenvalue weighted by molar-refractivity contribution is 9.10. The lowest BCUT2D eigenvalue weighted by Crippen LogP contribution is -2.33. The van der Waals surface area contributed by atoms with E-state index < -0.39 is 0 Å². The minimum absolute atomic E-state index is 0.146. The summed E-state index contributed by atoms with van der Waals surface area (Å²) >= 11 is 5.65. The van der Waals surface area contributed by atoms with E-state index >= 15 is 0 Å². The van der Waals surface area contributed by atoms with Crippen LogP contribution in [-0.2, 0) is 12.8 Å². The van der Waals surface area contributed by atoms with Crippen molar-refractivity contribution in [3.05, 3.63) is 43.6 Å². The van der Waals surface area contributed by atoms with Gasteiger partial charge in [-0.2, -0.15) is 0 Å². The summed E-state index contributed by atoms with van der Waals surface area (Å²) in [5, 5.41) is 2.27. The highest BCUT2D eigenvalue weighted by Gasteiger charge is 2.33. The van der Waals surface area contributed by atoms with E-state index in [9.17, 15) is 0 Å². The Labute approximate surface area is 148 Å². The fourth-order valence-electron chi connectivity index (χ4n) is 3.61. The Balaban J connectivity index is 1.80. The molecule has 2 aromatic rings. The van der Waals surface area contributed by atoms with Gasteiger partial charge in [0, 0.05) is 21.3 Å². The molecule has 0 spiro atoms. The van der Waals surface area contributed by atoms with Crippen molar-refractivity contribution in [2.75, 3.05) is 6.79 Å². The highest BCUT2D eigenvalue weighted by atomic mass is 79.9. The lowest BCUT2D eigenvalue weighted by Gasteiger charge is -2.31. The Bertz CT molecular complexity index is 743. The van der Waals surface area contributed by atoms with E-state index in [4.69, 9.17) is 15.2 Å². The molecule has 0 saturated heterocycles. The van der Waals surface area contributed by atoms with Crippen LogP contribution in [0.5, 0.6) is 11.5 Å². The van der Waals surface area contributed by atoms with Gasteiger partial charge < -0.3 is 15.2 Å². The number of aryl methyl sites for hydroxylation is 2. The Kier molecular flexibility index (Phi) is 4.12. The van der Waals surface area contributed by atoms with Gasteiger partial charge in [0.2, 0.25) is 6.79 Å². The minimum atomic E-state index is 0.146. The molecule has 0 bridgehead atoms. The van der Waals surface area contributed by atoms with Crippen LogP contribution < -0.4 is 15.2 Å². The Morgan fingerprint density at radius 2 is 2.09 bits per heavy atom. The topological polar surface area (TPSA) is 44.5 Å². The van der Waals surface area contributed by atoms with Crippen molar-refractivity contribution in [3.63, 3.8) is 0 Å². The number of hydrogen-bond donors (Lipinski definition) is 1. The van der Waals surface area contributed by atoms with Crippen LogP contribution >= 0.6 is 27.3 Å². The maximum absolute atomic E-state index is 6.54. The second-order valence-corrected chi connectivity index (χ2v) is 7.98. The van der Waals surface area contributed by atoms with E-state index in [0.29, 0.717) is 6.79 Å². The number of thiophene rings is 1. The van der Waals surface area contributed by atoms with E-state index in [1.54, 1.807) is 0 Å². The zero-order valence-electron chi connectivity index (χ0n) is 13.1. The number of halogens is 1. The van der Waals surface area contributed by atoms with Gasteiger partial charge in [0.15, 0.2) is 11.5 Å². The summed E-state index contributed by atoms with van der Waals surface area (Å²) in [5.41, 5.74) is 10.6. The Morgan fingerprint density at radius 1 is 1.30 bits per heavy atom. The Morgan fingerprint density at radius 3 is 2.87 bits per heavy atom. The van der Waals surface area contributed by atoms with Crippen LogP contribution in [0.1, 0.15) is 47.3 Å². The summed E-state index contributed by atoms with van der Waals surface area (Å²) in [5.74, 6) is 1.96. The maximum Gasteiger partial charge on any atom is 0.231 e. The van der Waals surface area contributed by atoms with Gasteiger partial charge >= 0.3 is 0 Å². The normalized spacial score (nSPS) is 22.2. The SMILES string of the molecule is CCCc1csc([C@H]2c3cc4c(cc3CC[C@@H]2N)OCO4)c1Br. The van der Waals surface area contributed by atoms with Gasteiger partial charge in [-0.1, -0.05) is 13.3 Å². The van der Waals surface area contributed by atoms with Crippen molar-refractivity contribution in [1.82, 2.24) is 0 Å². The molecule has 0 amide bonds. The van der Waals surface area contributed by atoms with Crippen molar-refractivity contribution in [1.29, 1.82) is 0 Å². The van der Waals surface area contributed by atoms with E-state index in [2.05, 4.69) is 40.4 Å². The molecule has 2 atom stereocenters. The zero-order valence-corrected chi connectivity index (χ0v) is 15.5. The van der Waals surface area contributed by atoms with Crippen LogP contribution in [0.25, 0.3) is 0 Å². The first-order valence-corrected chi connectivity index (χ1v) is 9.80. The predicted octanol–water partition coefficient (Wildman–Crippen LogP) is 4.60. The van der Waals surface area contributed by atoms with Crippen molar-refractivity contribution in [2.45, 2.75) is 44.6 Å². The molecule has 3 nitrogen and oxygen atoms in total. The van der Waals surface area contributed by atoms with Gasteiger partial charge in [-0.05, 0) is 69.4 Å². The van der Waals surface area contributed by atoms with Crippen LogP contribution in [0.3, 0.4) is 0 Å². The third-order valence-electron chi connectivity index (χ3n) is 4.77. The highest BCUT2D eigenvalue weighted by Crippen LogP contribution is 2.47.